The maximum absolute atomic E-state index is 14.3. The lowest BCUT2D eigenvalue weighted by Gasteiger charge is -2.23. The van der Waals surface area contributed by atoms with Crippen LogP contribution in [-0.4, -0.2) is 29.8 Å². The molecule has 1 atom stereocenters. The lowest BCUT2D eigenvalue weighted by atomic mass is 9.92. The van der Waals surface area contributed by atoms with Gasteiger partial charge in [0, 0.05) is 47.8 Å². The van der Waals surface area contributed by atoms with E-state index in [2.05, 4.69) is 15.3 Å². The van der Waals surface area contributed by atoms with Crippen molar-refractivity contribution in [1.82, 2.24) is 15.3 Å². The summed E-state index contributed by atoms with van der Waals surface area (Å²) in [7, 11) is 1.58. The van der Waals surface area contributed by atoms with E-state index in [1.54, 1.807) is 31.6 Å². The van der Waals surface area contributed by atoms with Gasteiger partial charge >= 0.3 is 0 Å². The summed E-state index contributed by atoms with van der Waals surface area (Å²) in [6.07, 6.45) is 4.47. The summed E-state index contributed by atoms with van der Waals surface area (Å²) in [5.41, 5.74) is 11.2. The second kappa shape index (κ2) is 9.28. The summed E-state index contributed by atoms with van der Waals surface area (Å²) < 4.78 is 25.9. The van der Waals surface area contributed by atoms with E-state index in [1.165, 1.54) is 18.3 Å². The van der Waals surface area contributed by atoms with Crippen molar-refractivity contribution in [3.05, 3.63) is 70.8 Å². The number of nitrogen functional groups attached to an aromatic ring is 1. The zero-order chi connectivity index (χ0) is 23.5. The molecule has 0 aliphatic carbocycles. The highest BCUT2D eigenvalue weighted by molar-refractivity contribution is 5.90. The van der Waals surface area contributed by atoms with Gasteiger partial charge in [0.2, 0.25) is 0 Å². The summed E-state index contributed by atoms with van der Waals surface area (Å²) >= 11 is 0. The smallest absolute Gasteiger partial charge is 0.166 e. The zero-order valence-corrected chi connectivity index (χ0v) is 18.8. The van der Waals surface area contributed by atoms with Gasteiger partial charge in [-0.25, -0.2) is 9.37 Å². The Kier molecular flexibility index (Phi) is 6.26. The van der Waals surface area contributed by atoms with Crippen LogP contribution in [0.15, 0.2) is 48.3 Å². The van der Waals surface area contributed by atoms with Gasteiger partial charge in [-0.15, -0.1) is 0 Å². The SMILES string of the molecule is CCN/C1=C(\C=N)Cc2cc(OC)cnc2-c2ccc(F)cc2[C@@H](C)Oc2cc1cnc2N. The minimum absolute atomic E-state index is 0.233. The topological polar surface area (TPSA) is 106 Å². The van der Waals surface area contributed by atoms with Gasteiger partial charge in [0.1, 0.15) is 17.7 Å². The summed E-state index contributed by atoms with van der Waals surface area (Å²) in [5.74, 6) is 0.842. The molecule has 0 spiro atoms. The first kappa shape index (κ1) is 22.3. The van der Waals surface area contributed by atoms with Crippen LogP contribution in [0.3, 0.4) is 0 Å². The number of hydrogen-bond donors (Lipinski definition) is 3. The number of nitrogens with two attached hydrogens (primary N) is 1. The van der Waals surface area contributed by atoms with Crippen LogP contribution in [0.2, 0.25) is 0 Å². The monoisotopic (exact) mass is 447 g/mol. The molecule has 170 valence electrons. The summed E-state index contributed by atoms with van der Waals surface area (Å²) in [6, 6.07) is 8.25. The maximum atomic E-state index is 14.3. The van der Waals surface area contributed by atoms with Gasteiger partial charge in [-0.1, -0.05) is 0 Å². The predicted molar refractivity (Wildman–Crippen MR) is 127 cm³/mol. The second-order valence-electron chi connectivity index (χ2n) is 7.73. The number of halogens is 1. The van der Waals surface area contributed by atoms with Crippen LogP contribution in [0.5, 0.6) is 11.5 Å². The molecule has 0 saturated carbocycles. The molecule has 3 heterocycles. The minimum Gasteiger partial charge on any atom is -0.495 e. The normalized spacial score (nSPS) is 17.5. The number of nitrogens with one attached hydrogen (secondary N) is 2. The van der Waals surface area contributed by atoms with Crippen molar-refractivity contribution < 1.29 is 13.9 Å². The van der Waals surface area contributed by atoms with E-state index in [0.29, 0.717) is 35.7 Å². The lowest BCUT2D eigenvalue weighted by Crippen LogP contribution is -2.17. The van der Waals surface area contributed by atoms with Crippen molar-refractivity contribution in [3.63, 3.8) is 0 Å². The Bertz CT molecular complexity index is 1240. The first-order valence-electron chi connectivity index (χ1n) is 10.7. The molecule has 1 aromatic carbocycles. The molecule has 0 amide bonds. The van der Waals surface area contributed by atoms with Gasteiger partial charge in [0.25, 0.3) is 0 Å². The van der Waals surface area contributed by atoms with Gasteiger partial charge in [-0.05, 0) is 55.3 Å². The van der Waals surface area contributed by atoms with Crippen molar-refractivity contribution in [3.8, 4) is 22.8 Å². The highest BCUT2D eigenvalue weighted by Gasteiger charge is 2.22. The molecule has 1 aliphatic rings. The van der Waals surface area contributed by atoms with Crippen molar-refractivity contribution in [2.45, 2.75) is 26.4 Å². The van der Waals surface area contributed by atoms with E-state index in [0.717, 1.165) is 28.0 Å². The summed E-state index contributed by atoms with van der Waals surface area (Å²) in [6.45, 7) is 4.47. The molecule has 3 aromatic rings. The molecular formula is C25H26FN5O2. The number of aromatic nitrogens is 2. The standard InChI is InChI=1S/C25H26FN5O2/c1-4-29-23-16(11-27)7-15-8-19(32-3)13-30-24(15)20-6-5-18(26)10-21(20)14(2)33-22-9-17(23)12-31-25(22)28/h5-6,8-14,27,29H,4,7H2,1-3H3,(H2,28,31)/b23-16-,27-11?/t14-/m1/s1. The summed E-state index contributed by atoms with van der Waals surface area (Å²) in [4.78, 5) is 8.96. The lowest BCUT2D eigenvalue weighted by molar-refractivity contribution is 0.227. The molecule has 8 heteroatoms. The van der Waals surface area contributed by atoms with Gasteiger partial charge in [0.15, 0.2) is 11.6 Å². The Hall–Kier alpha value is -3.94. The van der Waals surface area contributed by atoms with E-state index in [4.69, 9.17) is 20.6 Å². The van der Waals surface area contributed by atoms with Crippen LogP contribution in [0.25, 0.3) is 17.0 Å². The largest absolute Gasteiger partial charge is 0.495 e. The molecule has 0 radical (unpaired) electrons. The number of methoxy groups -OCH3 is 1. The van der Waals surface area contributed by atoms with Crippen LogP contribution >= 0.6 is 0 Å². The van der Waals surface area contributed by atoms with Crippen LogP contribution in [0, 0.1) is 11.2 Å². The molecule has 0 saturated heterocycles. The maximum Gasteiger partial charge on any atom is 0.166 e. The highest BCUT2D eigenvalue weighted by Crippen LogP contribution is 2.37. The van der Waals surface area contributed by atoms with Crippen molar-refractivity contribution in [2.24, 2.45) is 0 Å². The average molecular weight is 448 g/mol. The number of anilines is 1. The van der Waals surface area contributed by atoms with Crippen LogP contribution in [0.1, 0.15) is 36.6 Å². The Morgan fingerprint density at radius 2 is 2.09 bits per heavy atom. The van der Waals surface area contributed by atoms with Crippen LogP contribution in [-0.2, 0) is 6.42 Å². The molecule has 2 bridgehead atoms. The zero-order valence-electron chi connectivity index (χ0n) is 18.8. The molecule has 7 nitrogen and oxygen atoms in total. The molecule has 4 N–H and O–H groups in total. The quantitative estimate of drug-likeness (QED) is 0.507. The highest BCUT2D eigenvalue weighted by atomic mass is 19.1. The molecule has 0 unspecified atom stereocenters. The molecule has 4 rings (SSSR count). The number of pyridine rings is 2. The Morgan fingerprint density at radius 1 is 1.27 bits per heavy atom. The Balaban J connectivity index is 2.05. The fraction of sp³-hybridized carbons (Fsp3) is 0.240. The molecule has 0 fully saturated rings. The number of allylic oxidation sites excluding steroid dienone is 1. The van der Waals surface area contributed by atoms with E-state index in [-0.39, 0.29) is 11.6 Å². The van der Waals surface area contributed by atoms with E-state index in [9.17, 15) is 4.39 Å². The number of ether oxygens (including phenoxy) is 2. The van der Waals surface area contributed by atoms with E-state index >= 15 is 0 Å². The number of nitrogens with zero attached hydrogens (tertiary/aromatic N) is 2. The fourth-order valence-corrected chi connectivity index (χ4v) is 4.00. The van der Waals surface area contributed by atoms with Crippen molar-refractivity contribution >= 4 is 17.7 Å². The predicted octanol–water partition coefficient (Wildman–Crippen LogP) is 4.54. The number of hydrogen-bond acceptors (Lipinski definition) is 7. The molecular weight excluding hydrogens is 421 g/mol. The van der Waals surface area contributed by atoms with E-state index in [1.807, 2.05) is 19.9 Å². The molecule has 33 heavy (non-hydrogen) atoms. The third-order valence-electron chi connectivity index (χ3n) is 5.59. The van der Waals surface area contributed by atoms with Gasteiger partial charge in [-0.2, -0.15) is 0 Å². The van der Waals surface area contributed by atoms with Gasteiger partial charge in [0.05, 0.1) is 19.0 Å². The summed E-state index contributed by atoms with van der Waals surface area (Å²) in [5, 5.41) is 11.5. The number of benzene rings is 1. The third kappa shape index (κ3) is 4.37. The number of fused-ring (bicyclic) bond motifs is 5. The van der Waals surface area contributed by atoms with Crippen LogP contribution in [0.4, 0.5) is 10.2 Å². The fourth-order valence-electron chi connectivity index (χ4n) is 4.00. The second-order valence-corrected chi connectivity index (χ2v) is 7.73. The van der Waals surface area contributed by atoms with Gasteiger partial charge < -0.3 is 25.9 Å². The van der Waals surface area contributed by atoms with Crippen LogP contribution < -0.4 is 20.5 Å². The first-order valence-corrected chi connectivity index (χ1v) is 10.7. The Morgan fingerprint density at radius 3 is 2.82 bits per heavy atom. The Labute approximate surface area is 192 Å². The molecule has 1 aliphatic heterocycles. The van der Waals surface area contributed by atoms with Crippen molar-refractivity contribution in [1.29, 1.82) is 5.41 Å². The van der Waals surface area contributed by atoms with Gasteiger partial charge in [-0.3, -0.25) is 4.98 Å². The molecule has 2 aromatic heterocycles. The minimum atomic E-state index is -0.528. The first-order chi connectivity index (χ1) is 15.9. The average Bonchev–Trinajstić information content (AvgIpc) is 2.82. The van der Waals surface area contributed by atoms with E-state index < -0.39 is 6.10 Å². The number of rotatable bonds is 4. The third-order valence-corrected chi connectivity index (χ3v) is 5.59. The van der Waals surface area contributed by atoms with Crippen molar-refractivity contribution in [2.75, 3.05) is 19.4 Å².